The van der Waals surface area contributed by atoms with Gasteiger partial charge in [-0.25, -0.2) is 4.68 Å². The summed E-state index contributed by atoms with van der Waals surface area (Å²) in [6.45, 7) is 0.500. The number of aliphatic hydroxyl groups is 4. The normalized spacial score (nSPS) is 24.7. The van der Waals surface area contributed by atoms with Crippen LogP contribution in [0.15, 0.2) is 42.7 Å². The van der Waals surface area contributed by atoms with Crippen molar-refractivity contribution in [2.75, 3.05) is 20.5 Å². The van der Waals surface area contributed by atoms with E-state index in [1.807, 2.05) is 18.2 Å². The van der Waals surface area contributed by atoms with E-state index >= 15 is 0 Å². The largest absolute Gasteiger partial charge is 0.493 e. The number of hydrogen-bond acceptors (Lipinski definition) is 11. The number of pyridine rings is 1. The number of fused-ring (bicyclic) bond motifs is 5. The fraction of sp³-hybridized carbons (Fsp3) is 0.393. The summed E-state index contributed by atoms with van der Waals surface area (Å²) in [7, 11) is 1.58. The Morgan fingerprint density at radius 1 is 1.07 bits per heavy atom. The van der Waals surface area contributed by atoms with E-state index in [-0.39, 0.29) is 13.4 Å². The summed E-state index contributed by atoms with van der Waals surface area (Å²) in [5.74, 6) is 2.62. The first-order valence-electron chi connectivity index (χ1n) is 13.3. The highest BCUT2D eigenvalue weighted by atomic mass is 16.7. The summed E-state index contributed by atoms with van der Waals surface area (Å²) in [6, 6.07) is 10.1. The third-order valence-electron chi connectivity index (χ3n) is 7.85. The van der Waals surface area contributed by atoms with Gasteiger partial charge in [-0.1, -0.05) is 5.21 Å². The minimum atomic E-state index is -1.52. The lowest BCUT2D eigenvalue weighted by atomic mass is 9.95. The maximum absolute atomic E-state index is 10.4. The molecule has 0 radical (unpaired) electrons. The molecule has 5 atom stereocenters. The molecule has 1 fully saturated rings. The molecule has 0 spiro atoms. The maximum Gasteiger partial charge on any atom is 0.231 e. The Hall–Kier alpha value is -4.01. The SMILES string of the molecule is COc1ccc2cc3[n+](cc2c1OCc1cn([C@@H]2O[C@H](CO)[C@H](O)[C@H](O)[C@H]2O)nn1)CCc1cc2c(cc1-3)OCO2. The number of aromatic nitrogens is 4. The first-order chi connectivity index (χ1) is 19.9. The van der Waals surface area contributed by atoms with E-state index in [0.717, 1.165) is 46.5 Å². The molecule has 2 aromatic carbocycles. The average molecular weight is 566 g/mol. The molecule has 4 N–H and O–H groups in total. The van der Waals surface area contributed by atoms with Crippen LogP contribution in [-0.2, 0) is 24.3 Å². The van der Waals surface area contributed by atoms with Crippen LogP contribution < -0.4 is 23.5 Å². The van der Waals surface area contributed by atoms with Crippen molar-refractivity contribution in [2.45, 2.75) is 50.2 Å². The Labute approximate surface area is 233 Å². The second-order valence-electron chi connectivity index (χ2n) is 10.3. The molecular weight excluding hydrogens is 536 g/mol. The van der Waals surface area contributed by atoms with Gasteiger partial charge in [0.25, 0.3) is 0 Å². The number of aryl methyl sites for hydroxylation is 2. The lowest BCUT2D eigenvalue weighted by Crippen LogP contribution is -2.56. The van der Waals surface area contributed by atoms with E-state index < -0.39 is 37.3 Å². The molecule has 41 heavy (non-hydrogen) atoms. The van der Waals surface area contributed by atoms with E-state index in [1.54, 1.807) is 7.11 Å². The highest BCUT2D eigenvalue weighted by Crippen LogP contribution is 2.42. The van der Waals surface area contributed by atoms with Crippen molar-refractivity contribution in [2.24, 2.45) is 0 Å². The molecule has 0 saturated carbocycles. The molecule has 3 aliphatic rings. The molecule has 0 unspecified atom stereocenters. The molecule has 5 heterocycles. The van der Waals surface area contributed by atoms with E-state index in [1.165, 1.54) is 16.4 Å². The van der Waals surface area contributed by atoms with Crippen molar-refractivity contribution in [3.05, 3.63) is 54.0 Å². The van der Waals surface area contributed by atoms with Crippen molar-refractivity contribution in [1.29, 1.82) is 0 Å². The summed E-state index contributed by atoms with van der Waals surface area (Å²) >= 11 is 0. The number of hydrogen-bond donors (Lipinski definition) is 4. The first-order valence-corrected chi connectivity index (χ1v) is 13.3. The van der Waals surface area contributed by atoms with Gasteiger partial charge in [0.2, 0.25) is 12.5 Å². The smallest absolute Gasteiger partial charge is 0.231 e. The predicted octanol–water partition coefficient (Wildman–Crippen LogP) is 0.231. The summed E-state index contributed by atoms with van der Waals surface area (Å²) in [4.78, 5) is 0. The zero-order valence-electron chi connectivity index (χ0n) is 22.1. The summed E-state index contributed by atoms with van der Waals surface area (Å²) < 4.78 is 32.0. The van der Waals surface area contributed by atoms with Crippen LogP contribution in [-0.4, -0.2) is 80.3 Å². The third-order valence-corrected chi connectivity index (χ3v) is 7.85. The molecule has 13 nitrogen and oxygen atoms in total. The van der Waals surface area contributed by atoms with Crippen LogP contribution in [0.25, 0.3) is 22.0 Å². The second kappa shape index (κ2) is 10.1. The monoisotopic (exact) mass is 565 g/mol. The molecule has 214 valence electrons. The Balaban J connectivity index is 1.17. The number of nitrogens with zero attached hydrogens (tertiary/aromatic N) is 4. The maximum atomic E-state index is 10.4. The van der Waals surface area contributed by atoms with Crippen LogP contribution in [0.4, 0.5) is 0 Å². The lowest BCUT2D eigenvalue weighted by Gasteiger charge is -2.39. The topological polar surface area (TPSA) is 162 Å². The van der Waals surface area contributed by atoms with E-state index in [9.17, 15) is 20.4 Å². The first kappa shape index (κ1) is 25.9. The Morgan fingerprint density at radius 2 is 1.90 bits per heavy atom. The molecule has 0 bridgehead atoms. The van der Waals surface area contributed by atoms with Gasteiger partial charge in [0.15, 0.2) is 42.0 Å². The van der Waals surface area contributed by atoms with Gasteiger partial charge in [-0.3, -0.25) is 0 Å². The average Bonchev–Trinajstić information content (AvgIpc) is 3.66. The lowest BCUT2D eigenvalue weighted by molar-refractivity contribution is -0.686. The number of rotatable bonds is 6. The molecule has 3 aliphatic heterocycles. The van der Waals surface area contributed by atoms with Gasteiger partial charge < -0.3 is 44.1 Å². The zero-order valence-corrected chi connectivity index (χ0v) is 22.1. The van der Waals surface area contributed by atoms with Crippen LogP contribution in [0.3, 0.4) is 0 Å². The standard InChI is InChI=1S/C28H29N4O9/c1-37-20-3-2-14-6-19-17-8-22-21(39-13-40-22)7-15(17)4-5-31(19)10-18(14)27(20)38-12-16-9-32(30-29-16)28-26(36)25(35)24(34)23(11-33)41-28/h2-3,6-10,23-26,28,33-36H,4-5,11-13H2,1H3/q+1/t23-,24+,25+,26-,28-/m1/s1. The quantitative estimate of drug-likeness (QED) is 0.237. The van der Waals surface area contributed by atoms with Gasteiger partial charge >= 0.3 is 0 Å². The fourth-order valence-electron chi connectivity index (χ4n) is 5.66. The zero-order chi connectivity index (χ0) is 28.2. The van der Waals surface area contributed by atoms with E-state index in [0.29, 0.717) is 17.2 Å². The van der Waals surface area contributed by atoms with E-state index in [2.05, 4.69) is 33.2 Å². The minimum Gasteiger partial charge on any atom is -0.493 e. The van der Waals surface area contributed by atoms with Crippen LogP contribution in [0.1, 0.15) is 17.5 Å². The van der Waals surface area contributed by atoms with Crippen LogP contribution in [0.5, 0.6) is 23.0 Å². The fourth-order valence-corrected chi connectivity index (χ4v) is 5.66. The van der Waals surface area contributed by atoms with Gasteiger partial charge in [0.1, 0.15) is 36.7 Å². The Bertz CT molecular complexity index is 1620. The molecule has 0 amide bonds. The number of aliphatic hydroxyl groups excluding tert-OH is 4. The highest BCUT2D eigenvalue weighted by molar-refractivity contribution is 5.91. The van der Waals surface area contributed by atoms with Crippen LogP contribution in [0.2, 0.25) is 0 Å². The molecule has 4 aromatic rings. The summed E-state index contributed by atoms with van der Waals surface area (Å²) in [6.07, 6.45) is -2.25. The molecule has 7 rings (SSSR count). The number of benzene rings is 2. The predicted molar refractivity (Wildman–Crippen MR) is 139 cm³/mol. The molecule has 13 heteroatoms. The number of methoxy groups -OCH3 is 1. The van der Waals surface area contributed by atoms with Gasteiger partial charge in [-0.2, -0.15) is 4.57 Å². The van der Waals surface area contributed by atoms with Gasteiger partial charge in [-0.15, -0.1) is 5.10 Å². The molecule has 2 aromatic heterocycles. The molecular formula is C28H29N4O9+. The van der Waals surface area contributed by atoms with Crippen molar-refractivity contribution >= 4 is 10.8 Å². The number of ether oxygens (including phenoxy) is 5. The Morgan fingerprint density at radius 3 is 2.71 bits per heavy atom. The van der Waals surface area contributed by atoms with Gasteiger partial charge in [0, 0.05) is 12.5 Å². The van der Waals surface area contributed by atoms with Gasteiger partial charge in [0.05, 0.1) is 30.9 Å². The summed E-state index contributed by atoms with van der Waals surface area (Å²) in [5, 5.41) is 50.0. The molecule has 0 aliphatic carbocycles. The second-order valence-corrected chi connectivity index (χ2v) is 10.3. The van der Waals surface area contributed by atoms with Crippen LogP contribution in [0, 0.1) is 0 Å². The summed E-state index contributed by atoms with van der Waals surface area (Å²) in [5.41, 5.74) is 3.80. The highest BCUT2D eigenvalue weighted by Gasteiger charge is 2.44. The third kappa shape index (κ3) is 4.33. The minimum absolute atomic E-state index is 0.0287. The Kier molecular flexibility index (Phi) is 6.40. The van der Waals surface area contributed by atoms with E-state index in [4.69, 9.17) is 23.7 Å². The molecule has 1 saturated heterocycles. The van der Waals surface area contributed by atoms with Crippen LogP contribution >= 0.6 is 0 Å². The van der Waals surface area contributed by atoms with Gasteiger partial charge in [-0.05, 0) is 35.2 Å². The van der Waals surface area contributed by atoms with Crippen molar-refractivity contribution < 1.29 is 48.7 Å². The van der Waals surface area contributed by atoms with Crippen molar-refractivity contribution in [3.63, 3.8) is 0 Å². The van der Waals surface area contributed by atoms with Crippen molar-refractivity contribution in [1.82, 2.24) is 15.0 Å². The van der Waals surface area contributed by atoms with Crippen molar-refractivity contribution in [3.8, 4) is 34.3 Å².